The van der Waals surface area contributed by atoms with Gasteiger partial charge in [-0.2, -0.15) is 4.31 Å². The summed E-state index contributed by atoms with van der Waals surface area (Å²) in [5, 5.41) is 15.6. The van der Waals surface area contributed by atoms with Crippen LogP contribution < -0.4 is 20.1 Å². The first-order valence-corrected chi connectivity index (χ1v) is 11.2. The number of carbonyl (C=O) groups excluding carboxylic acids is 2. The van der Waals surface area contributed by atoms with Crippen LogP contribution in [0.4, 0.5) is 0 Å². The van der Waals surface area contributed by atoms with Gasteiger partial charge in [-0.05, 0) is 35.9 Å². The molecule has 0 radical (unpaired) electrons. The van der Waals surface area contributed by atoms with Gasteiger partial charge in [-0.1, -0.05) is 6.07 Å². The van der Waals surface area contributed by atoms with Crippen molar-refractivity contribution in [2.45, 2.75) is 11.0 Å². The number of aliphatic hydroxyl groups excluding tert-OH is 1. The normalized spacial score (nSPS) is 15.5. The monoisotopic (exact) mass is 463 g/mol. The van der Waals surface area contributed by atoms with E-state index in [0.29, 0.717) is 17.1 Å². The number of nitrogens with zero attached hydrogens (tertiary/aromatic N) is 1. The van der Waals surface area contributed by atoms with E-state index >= 15 is 0 Å². The first-order valence-electron chi connectivity index (χ1n) is 9.80. The fourth-order valence-corrected chi connectivity index (χ4v) is 4.64. The van der Waals surface area contributed by atoms with Crippen molar-refractivity contribution in [1.82, 2.24) is 14.9 Å². The predicted octanol–water partition coefficient (Wildman–Crippen LogP) is 0.288. The highest BCUT2D eigenvalue weighted by Crippen LogP contribution is 2.26. The zero-order chi connectivity index (χ0) is 23.3. The number of nitrogens with one attached hydrogen (secondary N) is 2. The number of piperazine rings is 1. The maximum absolute atomic E-state index is 12.8. The van der Waals surface area contributed by atoms with Crippen LogP contribution in [0, 0.1) is 0 Å². The van der Waals surface area contributed by atoms with Gasteiger partial charge in [0.05, 0.1) is 31.8 Å². The molecule has 3 rings (SSSR count). The van der Waals surface area contributed by atoms with E-state index in [0.717, 1.165) is 4.31 Å². The third-order valence-electron chi connectivity index (χ3n) is 4.95. The summed E-state index contributed by atoms with van der Waals surface area (Å²) in [6, 6.07) is 10.5. The Kier molecular flexibility index (Phi) is 7.33. The molecule has 0 spiro atoms. The van der Waals surface area contributed by atoms with Gasteiger partial charge in [0.15, 0.2) is 0 Å². The van der Waals surface area contributed by atoms with E-state index < -0.39 is 22.0 Å². The van der Waals surface area contributed by atoms with E-state index in [1.54, 1.807) is 18.2 Å². The molecule has 0 saturated carbocycles. The van der Waals surface area contributed by atoms with E-state index in [1.807, 2.05) is 0 Å². The van der Waals surface area contributed by atoms with Crippen LogP contribution in [-0.2, 0) is 14.8 Å². The zero-order valence-electron chi connectivity index (χ0n) is 17.7. The molecule has 0 aliphatic carbocycles. The van der Waals surface area contributed by atoms with Crippen LogP contribution in [0.2, 0.25) is 0 Å². The van der Waals surface area contributed by atoms with Crippen molar-refractivity contribution in [3.05, 3.63) is 53.6 Å². The lowest BCUT2D eigenvalue weighted by molar-refractivity contribution is -0.122. The minimum atomic E-state index is -3.93. The van der Waals surface area contributed by atoms with E-state index in [-0.39, 0.29) is 42.5 Å². The molecule has 3 N–H and O–H groups in total. The van der Waals surface area contributed by atoms with Crippen molar-refractivity contribution in [3.8, 4) is 11.5 Å². The number of benzene rings is 2. The number of aliphatic hydroxyl groups is 1. The molecule has 32 heavy (non-hydrogen) atoms. The Hall–Kier alpha value is -3.15. The first-order chi connectivity index (χ1) is 15.2. The van der Waals surface area contributed by atoms with Gasteiger partial charge in [0, 0.05) is 31.3 Å². The summed E-state index contributed by atoms with van der Waals surface area (Å²) in [5.41, 5.74) is 0.601. The Morgan fingerprint density at radius 1 is 1.19 bits per heavy atom. The molecule has 1 saturated heterocycles. The van der Waals surface area contributed by atoms with Crippen LogP contribution in [0.3, 0.4) is 0 Å². The lowest BCUT2D eigenvalue weighted by atomic mass is 10.1. The molecule has 2 aromatic carbocycles. The molecule has 172 valence electrons. The smallest absolute Gasteiger partial charge is 0.251 e. The maximum Gasteiger partial charge on any atom is 0.251 e. The Balaban J connectivity index is 1.70. The van der Waals surface area contributed by atoms with Gasteiger partial charge >= 0.3 is 0 Å². The third-order valence-corrected chi connectivity index (χ3v) is 6.79. The van der Waals surface area contributed by atoms with Crippen molar-refractivity contribution >= 4 is 21.8 Å². The average Bonchev–Trinajstić information content (AvgIpc) is 2.81. The van der Waals surface area contributed by atoms with Crippen molar-refractivity contribution < 1.29 is 32.6 Å². The van der Waals surface area contributed by atoms with Crippen LogP contribution in [0.15, 0.2) is 47.4 Å². The fraction of sp³-hybridized carbons (Fsp3) is 0.333. The Bertz CT molecular complexity index is 1080. The highest BCUT2D eigenvalue weighted by Gasteiger charge is 2.29. The molecule has 1 atom stereocenters. The summed E-state index contributed by atoms with van der Waals surface area (Å²) in [6.45, 7) is -0.000739. The zero-order valence-corrected chi connectivity index (χ0v) is 18.5. The van der Waals surface area contributed by atoms with Gasteiger partial charge in [-0.25, -0.2) is 8.42 Å². The predicted molar refractivity (Wildman–Crippen MR) is 115 cm³/mol. The number of carbonyl (C=O) groups is 2. The van der Waals surface area contributed by atoms with E-state index in [9.17, 15) is 23.1 Å². The molecule has 1 unspecified atom stereocenters. The van der Waals surface area contributed by atoms with Crippen LogP contribution in [0.25, 0.3) is 0 Å². The van der Waals surface area contributed by atoms with Gasteiger partial charge in [0.2, 0.25) is 15.9 Å². The van der Waals surface area contributed by atoms with E-state index in [4.69, 9.17) is 9.47 Å². The minimum Gasteiger partial charge on any atom is -0.497 e. The van der Waals surface area contributed by atoms with Crippen LogP contribution in [0.5, 0.6) is 11.5 Å². The number of methoxy groups -OCH3 is 2. The molecule has 2 amide bonds. The van der Waals surface area contributed by atoms with Gasteiger partial charge in [0.25, 0.3) is 5.91 Å². The van der Waals surface area contributed by atoms with Crippen molar-refractivity contribution in [3.63, 3.8) is 0 Å². The van der Waals surface area contributed by atoms with Crippen molar-refractivity contribution in [2.75, 3.05) is 40.4 Å². The highest BCUT2D eigenvalue weighted by molar-refractivity contribution is 7.89. The molecule has 0 aromatic heterocycles. The molecular formula is C21H25N3O7S. The average molecular weight is 464 g/mol. The van der Waals surface area contributed by atoms with Crippen molar-refractivity contribution in [2.24, 2.45) is 0 Å². The number of rotatable bonds is 8. The molecule has 1 aliphatic rings. The molecule has 10 nitrogen and oxygen atoms in total. The van der Waals surface area contributed by atoms with Gasteiger partial charge in [-0.3, -0.25) is 9.59 Å². The van der Waals surface area contributed by atoms with E-state index in [1.165, 1.54) is 38.5 Å². The summed E-state index contributed by atoms with van der Waals surface area (Å²) in [4.78, 5) is 24.1. The fourth-order valence-electron chi connectivity index (χ4n) is 3.20. The number of sulfonamides is 1. The minimum absolute atomic E-state index is 0.0852. The topological polar surface area (TPSA) is 134 Å². The lowest BCUT2D eigenvalue weighted by Crippen LogP contribution is -2.49. The molecular weight excluding hydrogens is 438 g/mol. The standard InChI is InChI=1S/C21H25N3O7S/c1-30-16-8-15(9-17(11-16)31-2)19(25)12-23-21(27)14-4-3-5-18(10-14)32(28,29)24-7-6-22-20(26)13-24/h3-5,8-11,19,25H,6-7,12-13H2,1-2H3,(H,22,26)(H,23,27). The maximum atomic E-state index is 12.8. The molecule has 1 fully saturated rings. The number of hydrogen-bond donors (Lipinski definition) is 3. The Morgan fingerprint density at radius 2 is 1.88 bits per heavy atom. The number of hydrogen-bond acceptors (Lipinski definition) is 7. The van der Waals surface area contributed by atoms with Gasteiger partial charge in [0.1, 0.15) is 11.5 Å². The molecule has 11 heteroatoms. The summed E-state index contributed by atoms with van der Waals surface area (Å²) in [5.74, 6) is 0.0623. The van der Waals surface area contributed by atoms with Gasteiger partial charge < -0.3 is 25.2 Å². The molecule has 1 heterocycles. The molecule has 2 aromatic rings. The Morgan fingerprint density at radius 3 is 2.50 bits per heavy atom. The first kappa shape index (κ1) is 23.5. The highest BCUT2D eigenvalue weighted by atomic mass is 32.2. The van der Waals surface area contributed by atoms with E-state index in [2.05, 4.69) is 10.6 Å². The second kappa shape index (κ2) is 9.98. The largest absolute Gasteiger partial charge is 0.497 e. The van der Waals surface area contributed by atoms with Crippen LogP contribution in [0.1, 0.15) is 22.0 Å². The molecule has 0 bridgehead atoms. The quantitative estimate of drug-likeness (QED) is 0.512. The van der Waals surface area contributed by atoms with Crippen LogP contribution in [-0.4, -0.2) is 70.0 Å². The summed E-state index contributed by atoms with van der Waals surface area (Å²) in [6.07, 6.45) is -1.04. The number of ether oxygens (including phenoxy) is 2. The summed E-state index contributed by atoms with van der Waals surface area (Å²) in [7, 11) is -0.945. The lowest BCUT2D eigenvalue weighted by Gasteiger charge is -2.26. The Labute approximate surface area is 186 Å². The second-order valence-corrected chi connectivity index (χ2v) is 9.03. The summed E-state index contributed by atoms with van der Waals surface area (Å²) < 4.78 is 37.1. The summed E-state index contributed by atoms with van der Waals surface area (Å²) >= 11 is 0. The second-order valence-electron chi connectivity index (χ2n) is 7.09. The third kappa shape index (κ3) is 5.36. The van der Waals surface area contributed by atoms with Crippen LogP contribution >= 0.6 is 0 Å². The van der Waals surface area contributed by atoms with Crippen molar-refractivity contribution in [1.29, 1.82) is 0 Å². The van der Waals surface area contributed by atoms with Gasteiger partial charge in [-0.15, -0.1) is 0 Å². The molecule has 1 aliphatic heterocycles. The number of amides is 2. The SMILES string of the molecule is COc1cc(OC)cc(C(O)CNC(=O)c2cccc(S(=O)(=O)N3CCNC(=O)C3)c2)c1.